The van der Waals surface area contributed by atoms with E-state index in [9.17, 15) is 13.6 Å². The number of carbonyl (C=O) groups is 1. The molecule has 7 heteroatoms. The average molecular weight is 386 g/mol. The Balaban J connectivity index is 1.56. The largest absolute Gasteiger partial charge is 0.435 e. The minimum atomic E-state index is -2.93. The molecule has 0 radical (unpaired) electrons. The number of para-hydroxylation sites is 1. The summed E-state index contributed by atoms with van der Waals surface area (Å²) in [6, 6.07) is 13.8. The summed E-state index contributed by atoms with van der Waals surface area (Å²) < 4.78 is 35.0. The second-order valence-corrected chi connectivity index (χ2v) is 6.70. The van der Waals surface area contributed by atoms with Gasteiger partial charge in [-0.15, -0.1) is 0 Å². The lowest BCUT2D eigenvalue weighted by Crippen LogP contribution is -2.49. The number of alkyl halides is 2. The van der Waals surface area contributed by atoms with E-state index in [4.69, 9.17) is 4.74 Å². The molecule has 1 aromatic heterocycles. The number of halogens is 2. The summed E-state index contributed by atoms with van der Waals surface area (Å²) in [5.41, 5.74) is 2.48. The maximum atomic E-state index is 13.1. The number of aromatic nitrogens is 1. The molecule has 1 amide bonds. The number of nitrogens with zero attached hydrogens (tertiary/aromatic N) is 1. The normalized spacial score (nSPS) is 17.2. The van der Waals surface area contributed by atoms with E-state index in [1.54, 1.807) is 17.0 Å². The van der Waals surface area contributed by atoms with Crippen molar-refractivity contribution >= 4 is 16.8 Å². The number of ether oxygens (including phenoxy) is 2. The van der Waals surface area contributed by atoms with Gasteiger partial charge in [0, 0.05) is 29.2 Å². The quantitative estimate of drug-likeness (QED) is 0.725. The second-order valence-electron chi connectivity index (χ2n) is 6.70. The monoisotopic (exact) mass is 386 g/mol. The fraction of sp³-hybridized carbons (Fsp3) is 0.286. The zero-order chi connectivity index (χ0) is 19.5. The summed E-state index contributed by atoms with van der Waals surface area (Å²) in [6.45, 7) is -1.60. The third-order valence-corrected chi connectivity index (χ3v) is 4.93. The molecule has 146 valence electrons. The molecule has 1 atom stereocenters. The lowest BCUT2D eigenvalue weighted by atomic mass is 10.0. The third kappa shape index (κ3) is 3.84. The van der Waals surface area contributed by atoms with Gasteiger partial charge in [-0.05, 0) is 36.2 Å². The number of morpholine rings is 1. The van der Waals surface area contributed by atoms with Crippen molar-refractivity contribution < 1.29 is 23.0 Å². The zero-order valence-electron chi connectivity index (χ0n) is 15.1. The van der Waals surface area contributed by atoms with Crippen LogP contribution in [-0.2, 0) is 11.2 Å². The Bertz CT molecular complexity index is 973. The molecule has 28 heavy (non-hydrogen) atoms. The highest BCUT2D eigenvalue weighted by Crippen LogP contribution is 2.24. The van der Waals surface area contributed by atoms with Crippen molar-refractivity contribution in [2.24, 2.45) is 0 Å². The molecule has 5 nitrogen and oxygen atoms in total. The minimum absolute atomic E-state index is 0.0257. The molecule has 0 saturated carbocycles. The number of benzene rings is 2. The first-order chi connectivity index (χ1) is 13.6. The Labute approximate surface area is 160 Å². The molecule has 2 heterocycles. The van der Waals surface area contributed by atoms with E-state index in [-0.39, 0.29) is 17.7 Å². The Morgan fingerprint density at radius 3 is 2.96 bits per heavy atom. The van der Waals surface area contributed by atoms with Gasteiger partial charge in [0.2, 0.25) is 0 Å². The number of nitrogens with one attached hydrogen (secondary N) is 1. The van der Waals surface area contributed by atoms with Crippen LogP contribution in [0.3, 0.4) is 0 Å². The number of H-pyrrole nitrogens is 1. The first kappa shape index (κ1) is 18.4. The van der Waals surface area contributed by atoms with E-state index in [2.05, 4.69) is 9.72 Å². The van der Waals surface area contributed by atoms with E-state index in [0.717, 1.165) is 16.5 Å². The van der Waals surface area contributed by atoms with Crippen LogP contribution in [0.5, 0.6) is 5.75 Å². The van der Waals surface area contributed by atoms with Gasteiger partial charge in [0.25, 0.3) is 5.91 Å². The minimum Gasteiger partial charge on any atom is -0.435 e. The van der Waals surface area contributed by atoms with Crippen molar-refractivity contribution in [2.75, 3.05) is 19.8 Å². The maximum Gasteiger partial charge on any atom is 0.387 e. The molecule has 3 aromatic rings. The molecule has 1 N–H and O–H groups in total. The van der Waals surface area contributed by atoms with E-state index >= 15 is 0 Å². The predicted octanol–water partition coefficient (Wildman–Crippen LogP) is 3.85. The number of aromatic amines is 1. The Kier molecular flexibility index (Phi) is 5.25. The van der Waals surface area contributed by atoms with Crippen molar-refractivity contribution in [1.82, 2.24) is 9.88 Å². The average Bonchev–Trinajstić information content (AvgIpc) is 3.11. The van der Waals surface area contributed by atoms with Crippen LogP contribution in [0.2, 0.25) is 0 Å². The van der Waals surface area contributed by atoms with Crippen molar-refractivity contribution in [3.63, 3.8) is 0 Å². The molecule has 1 unspecified atom stereocenters. The number of hydrogen-bond acceptors (Lipinski definition) is 3. The van der Waals surface area contributed by atoms with Gasteiger partial charge < -0.3 is 19.4 Å². The van der Waals surface area contributed by atoms with Crippen LogP contribution in [-0.4, -0.2) is 48.2 Å². The molecule has 1 aliphatic rings. The van der Waals surface area contributed by atoms with Crippen LogP contribution in [0.15, 0.2) is 54.7 Å². The summed E-state index contributed by atoms with van der Waals surface area (Å²) in [6.07, 6.45) is 2.60. The van der Waals surface area contributed by atoms with Gasteiger partial charge in [0.05, 0.1) is 19.3 Å². The van der Waals surface area contributed by atoms with Gasteiger partial charge >= 0.3 is 6.61 Å². The summed E-state index contributed by atoms with van der Waals surface area (Å²) in [5, 5.41) is 1.12. The van der Waals surface area contributed by atoms with E-state index in [1.807, 2.05) is 30.5 Å². The van der Waals surface area contributed by atoms with E-state index in [0.29, 0.717) is 31.7 Å². The van der Waals surface area contributed by atoms with Crippen LogP contribution in [0.25, 0.3) is 10.9 Å². The highest BCUT2D eigenvalue weighted by atomic mass is 19.3. The fourth-order valence-electron chi connectivity index (χ4n) is 3.62. The van der Waals surface area contributed by atoms with Crippen LogP contribution in [0.1, 0.15) is 15.9 Å². The van der Waals surface area contributed by atoms with Gasteiger partial charge in [-0.25, -0.2) is 0 Å². The first-order valence-electron chi connectivity index (χ1n) is 9.10. The van der Waals surface area contributed by atoms with Gasteiger partial charge in [-0.3, -0.25) is 4.79 Å². The zero-order valence-corrected chi connectivity index (χ0v) is 15.1. The number of hydrogen-bond donors (Lipinski definition) is 1. The topological polar surface area (TPSA) is 54.6 Å². The van der Waals surface area contributed by atoms with Crippen LogP contribution >= 0.6 is 0 Å². The first-order valence-corrected chi connectivity index (χ1v) is 9.10. The molecule has 1 aliphatic heterocycles. The third-order valence-electron chi connectivity index (χ3n) is 4.93. The molecule has 1 saturated heterocycles. The van der Waals surface area contributed by atoms with Gasteiger partial charge in [-0.1, -0.05) is 24.3 Å². The molecule has 4 rings (SSSR count). The maximum absolute atomic E-state index is 13.1. The summed E-state index contributed by atoms with van der Waals surface area (Å²) in [7, 11) is 0. The summed E-state index contributed by atoms with van der Waals surface area (Å²) in [5.74, 6) is -0.241. The van der Waals surface area contributed by atoms with E-state index < -0.39 is 6.61 Å². The van der Waals surface area contributed by atoms with Gasteiger partial charge in [0.15, 0.2) is 0 Å². The molecular weight excluding hydrogens is 366 g/mol. The smallest absolute Gasteiger partial charge is 0.387 e. The SMILES string of the molecule is O=C(c1cccc(OC(F)F)c1)N1CCOCC1Cc1c[nH]c2ccccc12. The summed E-state index contributed by atoms with van der Waals surface area (Å²) >= 11 is 0. The lowest BCUT2D eigenvalue weighted by Gasteiger charge is -2.35. The number of carbonyl (C=O) groups excluding carboxylic acids is 1. The van der Waals surface area contributed by atoms with Crippen molar-refractivity contribution in [3.05, 3.63) is 65.9 Å². The van der Waals surface area contributed by atoms with Gasteiger partial charge in [0.1, 0.15) is 5.75 Å². The number of amides is 1. The molecule has 2 aromatic carbocycles. The summed E-state index contributed by atoms with van der Waals surface area (Å²) in [4.78, 5) is 18.1. The van der Waals surface area contributed by atoms with Crippen LogP contribution in [0, 0.1) is 0 Å². The Morgan fingerprint density at radius 1 is 1.25 bits per heavy atom. The van der Waals surface area contributed by atoms with Gasteiger partial charge in [-0.2, -0.15) is 8.78 Å². The highest BCUT2D eigenvalue weighted by molar-refractivity contribution is 5.95. The van der Waals surface area contributed by atoms with Crippen molar-refractivity contribution in [1.29, 1.82) is 0 Å². The van der Waals surface area contributed by atoms with E-state index in [1.165, 1.54) is 12.1 Å². The highest BCUT2D eigenvalue weighted by Gasteiger charge is 2.29. The molecule has 0 bridgehead atoms. The predicted molar refractivity (Wildman–Crippen MR) is 101 cm³/mol. The Morgan fingerprint density at radius 2 is 2.11 bits per heavy atom. The van der Waals surface area contributed by atoms with Crippen molar-refractivity contribution in [3.8, 4) is 5.75 Å². The Hall–Kier alpha value is -2.93. The van der Waals surface area contributed by atoms with Crippen molar-refractivity contribution in [2.45, 2.75) is 19.1 Å². The standard InChI is InChI=1S/C21H20F2N2O3/c22-21(23)28-17-5-3-4-14(11-17)20(26)25-8-9-27-13-16(25)10-15-12-24-19-7-2-1-6-18(15)19/h1-7,11-12,16,21,24H,8-10,13H2. The second kappa shape index (κ2) is 7.98. The number of fused-ring (bicyclic) bond motifs is 1. The molecule has 1 fully saturated rings. The van der Waals surface area contributed by atoms with Crippen LogP contribution in [0.4, 0.5) is 8.78 Å². The molecule has 0 spiro atoms. The number of rotatable bonds is 5. The molecular formula is C21H20F2N2O3. The molecule has 0 aliphatic carbocycles. The fourth-order valence-corrected chi connectivity index (χ4v) is 3.62. The lowest BCUT2D eigenvalue weighted by molar-refractivity contribution is -0.0499. The van der Waals surface area contributed by atoms with Crippen LogP contribution < -0.4 is 4.74 Å².